The minimum Gasteiger partial charge on any atom is -0.497 e. The fraction of sp³-hybridized carbons (Fsp3) is 0.167. The molecule has 0 fully saturated rings. The Bertz CT molecular complexity index is 1810. The molecule has 3 aromatic heterocycles. The standard InChI is InChI=1S/C30H26N4O5S/c1-33(2)28(35)19-10-11-22(18-8-6-5-7-9-18)25(13-19)38-17-20-12-21(36-3)14-26-23(20)15-27(39-26)24-16-34-29(31-24)40-30(32-34)37-4/h5-16H,17H2,1-4H3. The van der Waals surface area contributed by atoms with E-state index < -0.39 is 0 Å². The van der Waals surface area contributed by atoms with Gasteiger partial charge in [0, 0.05) is 42.2 Å². The van der Waals surface area contributed by atoms with E-state index >= 15 is 0 Å². The van der Waals surface area contributed by atoms with Crippen molar-refractivity contribution in [2.75, 3.05) is 28.3 Å². The van der Waals surface area contributed by atoms with E-state index in [-0.39, 0.29) is 12.5 Å². The van der Waals surface area contributed by atoms with Crippen molar-refractivity contribution in [1.82, 2.24) is 19.5 Å². The Hall–Kier alpha value is -4.83. The van der Waals surface area contributed by atoms with Crippen LogP contribution < -0.4 is 14.2 Å². The van der Waals surface area contributed by atoms with Crippen LogP contribution in [0.25, 0.3) is 38.5 Å². The summed E-state index contributed by atoms with van der Waals surface area (Å²) in [6, 6.07) is 21.2. The van der Waals surface area contributed by atoms with E-state index in [0.717, 1.165) is 22.1 Å². The van der Waals surface area contributed by atoms with Gasteiger partial charge in [0.05, 0.1) is 20.4 Å². The van der Waals surface area contributed by atoms with Gasteiger partial charge in [-0.1, -0.05) is 30.3 Å². The van der Waals surface area contributed by atoms with Crippen LogP contribution in [0, 0.1) is 0 Å². The first-order valence-electron chi connectivity index (χ1n) is 12.5. The van der Waals surface area contributed by atoms with E-state index in [1.807, 2.05) is 60.7 Å². The predicted octanol–water partition coefficient (Wildman–Crippen LogP) is 6.17. The largest absolute Gasteiger partial charge is 0.497 e. The lowest BCUT2D eigenvalue weighted by Gasteiger charge is -2.16. The number of imidazole rings is 1. The molecule has 0 unspecified atom stereocenters. The van der Waals surface area contributed by atoms with Gasteiger partial charge in [-0.05, 0) is 47.2 Å². The van der Waals surface area contributed by atoms with Gasteiger partial charge in [0.15, 0.2) is 5.76 Å². The second-order valence-electron chi connectivity index (χ2n) is 9.30. The molecule has 6 rings (SSSR count). The Morgan fingerprint density at radius 1 is 1.02 bits per heavy atom. The molecule has 1 amide bonds. The lowest BCUT2D eigenvalue weighted by molar-refractivity contribution is 0.0827. The molecular formula is C30H26N4O5S. The molecule has 40 heavy (non-hydrogen) atoms. The zero-order chi connectivity index (χ0) is 27.8. The molecule has 0 radical (unpaired) electrons. The Morgan fingerprint density at radius 2 is 1.85 bits per heavy atom. The van der Waals surface area contributed by atoms with Gasteiger partial charge in [0.1, 0.15) is 29.4 Å². The van der Waals surface area contributed by atoms with Crippen molar-refractivity contribution >= 4 is 33.2 Å². The number of methoxy groups -OCH3 is 2. The molecule has 0 bridgehead atoms. The molecule has 202 valence electrons. The molecule has 9 nitrogen and oxygen atoms in total. The molecule has 0 N–H and O–H groups in total. The summed E-state index contributed by atoms with van der Waals surface area (Å²) in [5.74, 6) is 1.75. The highest BCUT2D eigenvalue weighted by atomic mass is 32.1. The van der Waals surface area contributed by atoms with E-state index in [4.69, 9.17) is 18.6 Å². The molecule has 10 heteroatoms. The third-order valence-electron chi connectivity index (χ3n) is 6.49. The van der Waals surface area contributed by atoms with Gasteiger partial charge in [-0.15, -0.1) is 5.10 Å². The maximum absolute atomic E-state index is 12.7. The third-order valence-corrected chi connectivity index (χ3v) is 7.37. The second-order valence-corrected chi connectivity index (χ2v) is 10.2. The normalized spacial score (nSPS) is 11.2. The van der Waals surface area contributed by atoms with Crippen LogP contribution in [0.5, 0.6) is 16.7 Å². The smallest absolute Gasteiger partial charge is 0.294 e. The number of furan rings is 1. The highest BCUT2D eigenvalue weighted by Gasteiger charge is 2.18. The molecule has 6 aromatic rings. The molecule has 0 aliphatic carbocycles. The average Bonchev–Trinajstić information content (AvgIpc) is 3.69. The number of hydrogen-bond donors (Lipinski definition) is 0. The summed E-state index contributed by atoms with van der Waals surface area (Å²) >= 11 is 1.35. The maximum Gasteiger partial charge on any atom is 0.294 e. The average molecular weight is 555 g/mol. The van der Waals surface area contributed by atoms with Crippen molar-refractivity contribution < 1.29 is 23.4 Å². The fourth-order valence-electron chi connectivity index (χ4n) is 4.47. The highest BCUT2D eigenvalue weighted by Crippen LogP contribution is 2.36. The number of aromatic nitrogens is 3. The Balaban J connectivity index is 1.37. The van der Waals surface area contributed by atoms with E-state index in [1.54, 1.807) is 50.0 Å². The minimum atomic E-state index is -0.0974. The van der Waals surface area contributed by atoms with Crippen molar-refractivity contribution in [1.29, 1.82) is 0 Å². The quantitative estimate of drug-likeness (QED) is 0.222. The summed E-state index contributed by atoms with van der Waals surface area (Å²) < 4.78 is 25.0. The molecule has 0 spiro atoms. The van der Waals surface area contributed by atoms with Crippen LogP contribution in [0.4, 0.5) is 0 Å². The van der Waals surface area contributed by atoms with Gasteiger partial charge in [-0.2, -0.15) is 0 Å². The van der Waals surface area contributed by atoms with E-state index in [9.17, 15) is 4.79 Å². The van der Waals surface area contributed by atoms with Crippen LogP contribution in [0.1, 0.15) is 15.9 Å². The van der Waals surface area contributed by atoms with Crippen molar-refractivity contribution in [3.05, 3.63) is 84.1 Å². The molecule has 0 aliphatic rings. The summed E-state index contributed by atoms with van der Waals surface area (Å²) in [7, 11) is 6.65. The number of hydrogen-bond acceptors (Lipinski definition) is 8. The molecule has 0 aliphatic heterocycles. The number of carbonyl (C=O) groups excluding carboxylic acids is 1. The predicted molar refractivity (Wildman–Crippen MR) is 153 cm³/mol. The summed E-state index contributed by atoms with van der Waals surface area (Å²) in [6.45, 7) is 0.225. The van der Waals surface area contributed by atoms with Crippen LogP contribution in [0.2, 0.25) is 0 Å². The topological polar surface area (TPSA) is 91.3 Å². The first-order chi connectivity index (χ1) is 19.4. The molecule has 0 atom stereocenters. The molecule has 0 saturated carbocycles. The van der Waals surface area contributed by atoms with Crippen LogP contribution >= 0.6 is 11.3 Å². The van der Waals surface area contributed by atoms with Gasteiger partial charge in [-0.25, -0.2) is 9.50 Å². The number of nitrogens with zero attached hydrogens (tertiary/aromatic N) is 4. The molecular weight excluding hydrogens is 528 g/mol. The second kappa shape index (κ2) is 10.4. The first kappa shape index (κ1) is 25.4. The Labute approximate surface area is 234 Å². The zero-order valence-corrected chi connectivity index (χ0v) is 23.2. The number of carbonyl (C=O) groups is 1. The number of amides is 1. The van der Waals surface area contributed by atoms with Crippen molar-refractivity contribution in [3.8, 4) is 39.3 Å². The van der Waals surface area contributed by atoms with Crippen molar-refractivity contribution in [2.45, 2.75) is 6.61 Å². The van der Waals surface area contributed by atoms with Crippen LogP contribution in [-0.2, 0) is 6.61 Å². The molecule has 3 heterocycles. The van der Waals surface area contributed by atoms with Gasteiger partial charge >= 0.3 is 0 Å². The van der Waals surface area contributed by atoms with Crippen molar-refractivity contribution in [3.63, 3.8) is 0 Å². The van der Waals surface area contributed by atoms with E-state index in [2.05, 4.69) is 10.1 Å². The SMILES string of the molecule is COc1cc(COc2cc(C(=O)N(C)C)ccc2-c2ccccc2)c2cc(-c3cn4nc(OC)sc4n3)oc2c1. The number of rotatable bonds is 8. The Morgan fingerprint density at radius 3 is 2.58 bits per heavy atom. The summed E-state index contributed by atoms with van der Waals surface area (Å²) in [4.78, 5) is 19.6. The summed E-state index contributed by atoms with van der Waals surface area (Å²) in [5, 5.41) is 5.76. The number of fused-ring (bicyclic) bond motifs is 2. The van der Waals surface area contributed by atoms with E-state index in [0.29, 0.717) is 44.3 Å². The van der Waals surface area contributed by atoms with Gasteiger partial charge in [0.25, 0.3) is 11.1 Å². The lowest BCUT2D eigenvalue weighted by Crippen LogP contribution is -2.21. The number of benzene rings is 3. The lowest BCUT2D eigenvalue weighted by atomic mass is 10.0. The minimum absolute atomic E-state index is 0.0974. The number of ether oxygens (including phenoxy) is 3. The van der Waals surface area contributed by atoms with Crippen LogP contribution in [0.3, 0.4) is 0 Å². The van der Waals surface area contributed by atoms with Gasteiger partial charge in [0.2, 0.25) is 4.96 Å². The van der Waals surface area contributed by atoms with E-state index in [1.165, 1.54) is 11.3 Å². The van der Waals surface area contributed by atoms with Crippen LogP contribution in [-0.4, -0.2) is 53.7 Å². The Kier molecular flexibility index (Phi) is 6.61. The fourth-order valence-corrected chi connectivity index (χ4v) is 5.17. The first-order valence-corrected chi connectivity index (χ1v) is 13.3. The third kappa shape index (κ3) is 4.73. The highest BCUT2D eigenvalue weighted by molar-refractivity contribution is 7.18. The molecule has 3 aromatic carbocycles. The van der Waals surface area contributed by atoms with Crippen LogP contribution in [0.15, 0.2) is 77.3 Å². The summed E-state index contributed by atoms with van der Waals surface area (Å²) in [5.41, 5.74) is 4.61. The molecule has 0 saturated heterocycles. The maximum atomic E-state index is 12.7. The van der Waals surface area contributed by atoms with Gasteiger partial charge in [-0.3, -0.25) is 4.79 Å². The van der Waals surface area contributed by atoms with Crippen molar-refractivity contribution in [2.24, 2.45) is 0 Å². The summed E-state index contributed by atoms with van der Waals surface area (Å²) in [6.07, 6.45) is 1.80. The van der Waals surface area contributed by atoms with Gasteiger partial charge < -0.3 is 23.5 Å². The zero-order valence-electron chi connectivity index (χ0n) is 22.4. The monoisotopic (exact) mass is 554 g/mol.